The number of nitrogens with zero attached hydrogens (tertiary/aromatic N) is 4. The SMILES string of the molecule is CCCCOC(=O)N1CCN(C(=O)[C@H](C)NC(=O)c2cc(OCC(=O)N3CCC[C@H]3C(=O)NC3CCC3)c3ccc(C)cc3n2)CC1. The zero-order chi connectivity index (χ0) is 33.5. The highest BCUT2D eigenvalue weighted by molar-refractivity contribution is 5.99. The van der Waals surface area contributed by atoms with E-state index < -0.39 is 18.0 Å². The Bertz CT molecular complexity index is 1490. The quantitative estimate of drug-likeness (QED) is 0.353. The van der Waals surface area contributed by atoms with E-state index in [-0.39, 0.29) is 42.2 Å². The van der Waals surface area contributed by atoms with Gasteiger partial charge in [0.1, 0.15) is 23.5 Å². The van der Waals surface area contributed by atoms with Crippen LogP contribution in [-0.2, 0) is 19.1 Å². The maximum absolute atomic E-state index is 13.4. The fourth-order valence-corrected chi connectivity index (χ4v) is 6.06. The van der Waals surface area contributed by atoms with Crippen LogP contribution in [-0.4, -0.2) is 113 Å². The van der Waals surface area contributed by atoms with Crippen LogP contribution in [0.2, 0.25) is 0 Å². The van der Waals surface area contributed by atoms with E-state index >= 15 is 0 Å². The molecular weight excluding hydrogens is 604 g/mol. The van der Waals surface area contributed by atoms with Gasteiger partial charge in [-0.25, -0.2) is 9.78 Å². The molecule has 3 aliphatic rings. The smallest absolute Gasteiger partial charge is 0.409 e. The number of hydrogen-bond donors (Lipinski definition) is 2. The Morgan fingerprint density at radius 3 is 2.43 bits per heavy atom. The zero-order valence-electron chi connectivity index (χ0n) is 27.6. The van der Waals surface area contributed by atoms with Crippen molar-refractivity contribution in [2.75, 3.05) is 45.9 Å². The largest absolute Gasteiger partial charge is 0.483 e. The lowest BCUT2D eigenvalue weighted by atomic mass is 9.93. The van der Waals surface area contributed by atoms with Crippen LogP contribution in [0.25, 0.3) is 10.9 Å². The molecule has 0 spiro atoms. The second-order valence-electron chi connectivity index (χ2n) is 12.7. The number of nitrogens with one attached hydrogen (secondary N) is 2. The minimum absolute atomic E-state index is 0.0452. The molecule has 2 aliphatic heterocycles. The molecule has 0 radical (unpaired) electrons. The van der Waals surface area contributed by atoms with Crippen molar-refractivity contribution in [2.45, 2.75) is 83.8 Å². The number of pyridine rings is 1. The number of carbonyl (C=O) groups is 5. The molecule has 13 nitrogen and oxygen atoms in total. The molecule has 2 aromatic rings. The Kier molecular flexibility index (Phi) is 11.2. The molecule has 254 valence electrons. The molecule has 5 amide bonds. The van der Waals surface area contributed by atoms with E-state index in [4.69, 9.17) is 9.47 Å². The summed E-state index contributed by atoms with van der Waals surface area (Å²) in [6, 6.07) is 5.87. The van der Waals surface area contributed by atoms with Crippen molar-refractivity contribution < 1.29 is 33.4 Å². The Morgan fingerprint density at radius 1 is 0.979 bits per heavy atom. The maximum Gasteiger partial charge on any atom is 0.409 e. The number of benzene rings is 1. The Labute approximate surface area is 275 Å². The van der Waals surface area contributed by atoms with Crippen LogP contribution in [0.5, 0.6) is 5.75 Å². The average Bonchev–Trinajstić information content (AvgIpc) is 3.55. The van der Waals surface area contributed by atoms with Crippen LogP contribution in [0.4, 0.5) is 4.79 Å². The van der Waals surface area contributed by atoms with Crippen molar-refractivity contribution in [3.8, 4) is 5.75 Å². The predicted molar refractivity (Wildman–Crippen MR) is 174 cm³/mol. The molecule has 5 rings (SSSR count). The van der Waals surface area contributed by atoms with E-state index in [9.17, 15) is 24.0 Å². The third kappa shape index (κ3) is 8.30. The van der Waals surface area contributed by atoms with Crippen LogP contribution in [0.3, 0.4) is 0 Å². The van der Waals surface area contributed by atoms with E-state index in [0.717, 1.165) is 44.1 Å². The fourth-order valence-electron chi connectivity index (χ4n) is 6.06. The molecule has 1 aliphatic carbocycles. The van der Waals surface area contributed by atoms with Gasteiger partial charge in [-0.3, -0.25) is 19.2 Å². The van der Waals surface area contributed by atoms with Crippen molar-refractivity contribution in [3.63, 3.8) is 0 Å². The molecule has 0 bridgehead atoms. The summed E-state index contributed by atoms with van der Waals surface area (Å²) in [5.41, 5.74) is 1.49. The number of amides is 5. The van der Waals surface area contributed by atoms with Gasteiger partial charge in [-0.1, -0.05) is 19.4 Å². The van der Waals surface area contributed by atoms with Gasteiger partial charge in [-0.05, 0) is 70.1 Å². The van der Waals surface area contributed by atoms with E-state index in [2.05, 4.69) is 15.6 Å². The first kappa shape index (κ1) is 33.9. The van der Waals surface area contributed by atoms with Crippen LogP contribution in [0.15, 0.2) is 24.3 Å². The summed E-state index contributed by atoms with van der Waals surface area (Å²) < 4.78 is 11.3. The number of fused-ring (bicyclic) bond motifs is 1. The maximum atomic E-state index is 13.4. The number of carbonyl (C=O) groups excluding carboxylic acids is 5. The first-order chi connectivity index (χ1) is 22.6. The minimum atomic E-state index is -0.843. The number of rotatable bonds is 11. The molecule has 2 saturated heterocycles. The number of piperazine rings is 1. The van der Waals surface area contributed by atoms with E-state index in [1.807, 2.05) is 32.0 Å². The van der Waals surface area contributed by atoms with E-state index in [1.54, 1.807) is 21.6 Å². The molecule has 1 saturated carbocycles. The van der Waals surface area contributed by atoms with Crippen molar-refractivity contribution in [3.05, 3.63) is 35.5 Å². The fraction of sp³-hybridized carbons (Fsp3) is 0.588. The van der Waals surface area contributed by atoms with Gasteiger partial charge in [-0.2, -0.15) is 0 Å². The van der Waals surface area contributed by atoms with Gasteiger partial charge in [0.15, 0.2) is 6.61 Å². The molecule has 3 heterocycles. The molecule has 13 heteroatoms. The van der Waals surface area contributed by atoms with Crippen molar-refractivity contribution in [1.82, 2.24) is 30.3 Å². The summed E-state index contributed by atoms with van der Waals surface area (Å²) >= 11 is 0. The van der Waals surface area contributed by atoms with Gasteiger partial charge >= 0.3 is 6.09 Å². The van der Waals surface area contributed by atoms with Crippen LogP contribution >= 0.6 is 0 Å². The number of aryl methyl sites for hydroxylation is 1. The first-order valence-electron chi connectivity index (χ1n) is 16.8. The van der Waals surface area contributed by atoms with Crippen LogP contribution < -0.4 is 15.4 Å². The lowest BCUT2D eigenvalue weighted by Crippen LogP contribution is -2.55. The molecule has 3 fully saturated rings. The van der Waals surface area contributed by atoms with E-state index in [0.29, 0.717) is 62.4 Å². The third-order valence-electron chi connectivity index (χ3n) is 9.13. The van der Waals surface area contributed by atoms with Gasteiger partial charge in [0.25, 0.3) is 11.8 Å². The summed E-state index contributed by atoms with van der Waals surface area (Å²) in [5, 5.41) is 6.43. The monoisotopic (exact) mass is 650 g/mol. The summed E-state index contributed by atoms with van der Waals surface area (Å²) in [7, 11) is 0. The van der Waals surface area contributed by atoms with Gasteiger partial charge in [0.05, 0.1) is 12.1 Å². The van der Waals surface area contributed by atoms with Crippen molar-refractivity contribution >= 4 is 40.6 Å². The van der Waals surface area contributed by atoms with Crippen LogP contribution in [0, 0.1) is 6.92 Å². The van der Waals surface area contributed by atoms with Gasteiger partial charge < -0.3 is 34.8 Å². The minimum Gasteiger partial charge on any atom is -0.483 e. The summed E-state index contributed by atoms with van der Waals surface area (Å²) in [6.45, 7) is 7.48. The van der Waals surface area contributed by atoms with Crippen molar-refractivity contribution in [1.29, 1.82) is 0 Å². The van der Waals surface area contributed by atoms with Gasteiger partial charge in [0, 0.05) is 50.2 Å². The molecule has 1 aromatic heterocycles. The molecule has 1 aromatic carbocycles. The van der Waals surface area contributed by atoms with Crippen LogP contribution in [0.1, 0.15) is 74.8 Å². The normalized spacial score (nSPS) is 18.8. The zero-order valence-corrected chi connectivity index (χ0v) is 27.6. The highest BCUT2D eigenvalue weighted by atomic mass is 16.6. The molecule has 2 N–H and O–H groups in total. The van der Waals surface area contributed by atoms with Gasteiger partial charge in [-0.15, -0.1) is 0 Å². The summed E-state index contributed by atoms with van der Waals surface area (Å²) in [4.78, 5) is 74.3. The summed E-state index contributed by atoms with van der Waals surface area (Å²) in [5.74, 6) is -0.926. The second kappa shape index (κ2) is 15.4. The van der Waals surface area contributed by atoms with Gasteiger partial charge in [0.2, 0.25) is 11.8 Å². The second-order valence-corrected chi connectivity index (χ2v) is 12.7. The van der Waals surface area contributed by atoms with Crippen molar-refractivity contribution in [2.24, 2.45) is 0 Å². The number of hydrogen-bond acceptors (Lipinski definition) is 8. The lowest BCUT2D eigenvalue weighted by molar-refractivity contribution is -0.140. The molecule has 47 heavy (non-hydrogen) atoms. The standard InChI is InChI=1S/C34H46N6O7/c1-4-5-18-46-34(45)39-16-14-38(15-17-39)33(44)23(3)35-31(42)27-20-29(25-12-11-22(2)19-26(25)37-27)47-21-30(41)40-13-7-10-28(40)32(43)36-24-8-6-9-24/h11-12,19-20,23-24,28H,4-10,13-18,21H2,1-3H3,(H,35,42)(H,36,43)/t23-,28-/m0/s1. The summed E-state index contributed by atoms with van der Waals surface area (Å²) in [6.07, 6.45) is 5.78. The number of likely N-dealkylation sites (tertiary alicyclic amines) is 1. The molecule has 2 atom stereocenters. The topological polar surface area (TPSA) is 150 Å². The number of aromatic nitrogens is 1. The Morgan fingerprint density at radius 2 is 1.72 bits per heavy atom. The number of unbranched alkanes of at least 4 members (excludes halogenated alkanes) is 1. The Hall–Kier alpha value is -4.42. The van der Waals surface area contributed by atoms with E-state index in [1.165, 1.54) is 6.07 Å². The highest BCUT2D eigenvalue weighted by Gasteiger charge is 2.36. The predicted octanol–water partition coefficient (Wildman–Crippen LogP) is 2.78. The molecule has 0 unspecified atom stereocenters. The Balaban J connectivity index is 1.20. The first-order valence-corrected chi connectivity index (χ1v) is 16.8. The lowest BCUT2D eigenvalue weighted by Gasteiger charge is -2.35. The molecular formula is C34H46N6O7. The highest BCUT2D eigenvalue weighted by Crippen LogP contribution is 2.28. The number of ether oxygens (including phenoxy) is 2. The third-order valence-corrected chi connectivity index (χ3v) is 9.13. The average molecular weight is 651 g/mol.